The molecule has 0 N–H and O–H groups in total. The van der Waals surface area contributed by atoms with Crippen LogP contribution in [0.4, 0.5) is 0 Å². The van der Waals surface area contributed by atoms with E-state index in [9.17, 15) is 4.79 Å². The van der Waals surface area contributed by atoms with Crippen LogP contribution in [0.15, 0.2) is 56.9 Å². The Balaban J connectivity index is 1.95. The summed E-state index contributed by atoms with van der Waals surface area (Å²) in [5, 5.41) is 10.1. The molecule has 132 valence electrons. The van der Waals surface area contributed by atoms with Gasteiger partial charge in [-0.2, -0.15) is 5.26 Å². The molecule has 3 aromatic rings. The molecule has 26 heavy (non-hydrogen) atoms. The Morgan fingerprint density at radius 3 is 2.73 bits per heavy atom. The van der Waals surface area contributed by atoms with Gasteiger partial charge in [-0.3, -0.25) is 9.36 Å². The molecule has 0 radical (unpaired) electrons. The van der Waals surface area contributed by atoms with Crippen LogP contribution in [-0.4, -0.2) is 23.3 Å². The van der Waals surface area contributed by atoms with Gasteiger partial charge >= 0.3 is 0 Å². The first-order valence-corrected chi connectivity index (χ1v) is 9.71. The van der Waals surface area contributed by atoms with Crippen molar-refractivity contribution in [3.8, 4) is 6.07 Å². The first-order valence-electron chi connectivity index (χ1n) is 7.93. The van der Waals surface area contributed by atoms with Crippen LogP contribution in [0.1, 0.15) is 11.1 Å². The first-order chi connectivity index (χ1) is 12.6. The number of nitrogens with zero attached hydrogens (tertiary/aromatic N) is 3. The summed E-state index contributed by atoms with van der Waals surface area (Å²) in [7, 11) is 1.61. The molecule has 0 unspecified atom stereocenters. The average molecular weight is 430 g/mol. The third-order valence-electron chi connectivity index (χ3n) is 3.85. The van der Waals surface area contributed by atoms with E-state index in [1.54, 1.807) is 29.9 Å². The van der Waals surface area contributed by atoms with Crippen LogP contribution >= 0.6 is 27.7 Å². The number of aromatic nitrogens is 2. The molecule has 1 aromatic heterocycles. The number of methoxy groups -OCH3 is 1. The number of hydrogen-bond acceptors (Lipinski definition) is 5. The lowest BCUT2D eigenvalue weighted by Crippen LogP contribution is -2.25. The molecule has 0 fully saturated rings. The van der Waals surface area contributed by atoms with Gasteiger partial charge in [0.1, 0.15) is 0 Å². The van der Waals surface area contributed by atoms with Gasteiger partial charge in [0.15, 0.2) is 5.16 Å². The SMILES string of the molecule is COCCn1c(SCc2ccc(C#N)cc2)nc2ccc(Br)cc2c1=O. The second kappa shape index (κ2) is 8.49. The summed E-state index contributed by atoms with van der Waals surface area (Å²) < 4.78 is 7.65. The van der Waals surface area contributed by atoms with Crippen LogP contribution < -0.4 is 5.56 Å². The second-order valence-electron chi connectivity index (χ2n) is 5.60. The highest BCUT2D eigenvalue weighted by atomic mass is 79.9. The van der Waals surface area contributed by atoms with Crippen LogP contribution in [0.2, 0.25) is 0 Å². The Morgan fingerprint density at radius 2 is 2.04 bits per heavy atom. The van der Waals surface area contributed by atoms with Crippen molar-refractivity contribution in [2.45, 2.75) is 17.5 Å². The zero-order chi connectivity index (χ0) is 18.5. The minimum Gasteiger partial charge on any atom is -0.383 e. The summed E-state index contributed by atoms with van der Waals surface area (Å²) in [5.74, 6) is 0.660. The average Bonchev–Trinajstić information content (AvgIpc) is 2.67. The van der Waals surface area contributed by atoms with Gasteiger partial charge in [0.05, 0.1) is 35.7 Å². The van der Waals surface area contributed by atoms with Gasteiger partial charge in [-0.25, -0.2) is 4.98 Å². The summed E-state index contributed by atoms with van der Waals surface area (Å²) in [6.45, 7) is 0.881. The van der Waals surface area contributed by atoms with Crippen molar-refractivity contribution in [3.63, 3.8) is 0 Å². The summed E-state index contributed by atoms with van der Waals surface area (Å²) in [5.41, 5.74) is 2.30. The molecule has 2 aromatic carbocycles. The van der Waals surface area contributed by atoms with Crippen LogP contribution in [0.5, 0.6) is 0 Å². The fourth-order valence-electron chi connectivity index (χ4n) is 2.49. The maximum Gasteiger partial charge on any atom is 0.262 e. The lowest BCUT2D eigenvalue weighted by atomic mass is 10.2. The zero-order valence-electron chi connectivity index (χ0n) is 14.1. The Labute approximate surface area is 163 Å². The lowest BCUT2D eigenvalue weighted by molar-refractivity contribution is 0.183. The van der Waals surface area contributed by atoms with E-state index in [0.717, 1.165) is 10.0 Å². The summed E-state index contributed by atoms with van der Waals surface area (Å²) >= 11 is 4.91. The fourth-order valence-corrected chi connectivity index (χ4v) is 3.83. The molecule has 0 aliphatic heterocycles. The van der Waals surface area contributed by atoms with Gasteiger partial charge in [0.25, 0.3) is 5.56 Å². The second-order valence-corrected chi connectivity index (χ2v) is 7.46. The Morgan fingerprint density at radius 1 is 1.27 bits per heavy atom. The molecule has 0 atom stereocenters. The van der Waals surface area contributed by atoms with Crippen molar-refractivity contribution in [2.24, 2.45) is 0 Å². The maximum atomic E-state index is 12.9. The van der Waals surface area contributed by atoms with Crippen molar-refractivity contribution in [3.05, 3.63) is 68.4 Å². The predicted molar refractivity (Wildman–Crippen MR) is 106 cm³/mol. The van der Waals surface area contributed by atoms with E-state index in [0.29, 0.717) is 40.5 Å². The summed E-state index contributed by atoms with van der Waals surface area (Å²) in [4.78, 5) is 17.6. The van der Waals surface area contributed by atoms with E-state index in [-0.39, 0.29) is 5.56 Å². The molecule has 0 bridgehead atoms. The number of thioether (sulfide) groups is 1. The van der Waals surface area contributed by atoms with E-state index in [2.05, 4.69) is 27.0 Å². The topological polar surface area (TPSA) is 67.9 Å². The summed E-state index contributed by atoms with van der Waals surface area (Å²) in [6, 6.07) is 15.0. The Bertz CT molecular complexity index is 1030. The van der Waals surface area contributed by atoms with Gasteiger partial charge in [-0.1, -0.05) is 39.8 Å². The number of nitriles is 1. The Hall–Kier alpha value is -2.14. The minimum atomic E-state index is -0.0734. The highest BCUT2D eigenvalue weighted by molar-refractivity contribution is 9.10. The highest BCUT2D eigenvalue weighted by Crippen LogP contribution is 2.23. The van der Waals surface area contributed by atoms with E-state index in [4.69, 9.17) is 10.00 Å². The van der Waals surface area contributed by atoms with Crippen LogP contribution in [0.3, 0.4) is 0 Å². The first kappa shape index (κ1) is 18.6. The van der Waals surface area contributed by atoms with Crippen LogP contribution in [-0.2, 0) is 17.0 Å². The van der Waals surface area contributed by atoms with Crippen molar-refractivity contribution in [2.75, 3.05) is 13.7 Å². The van der Waals surface area contributed by atoms with E-state index >= 15 is 0 Å². The third-order valence-corrected chi connectivity index (χ3v) is 5.39. The quantitative estimate of drug-likeness (QED) is 0.437. The zero-order valence-corrected chi connectivity index (χ0v) is 16.5. The fraction of sp³-hybridized carbons (Fsp3) is 0.211. The van der Waals surface area contributed by atoms with Crippen LogP contribution in [0.25, 0.3) is 10.9 Å². The molecular weight excluding hydrogens is 414 g/mol. The molecule has 0 spiro atoms. The number of hydrogen-bond donors (Lipinski definition) is 0. The molecule has 0 aliphatic rings. The third kappa shape index (κ3) is 4.15. The Kier molecular flexibility index (Phi) is 6.09. The molecular formula is C19H16BrN3O2S. The molecule has 7 heteroatoms. The normalized spacial score (nSPS) is 10.8. The molecule has 1 heterocycles. The minimum absolute atomic E-state index is 0.0734. The summed E-state index contributed by atoms with van der Waals surface area (Å²) in [6.07, 6.45) is 0. The number of ether oxygens (including phenoxy) is 1. The highest BCUT2D eigenvalue weighted by Gasteiger charge is 2.12. The predicted octanol–water partition coefficient (Wildman–Crippen LogP) is 3.97. The smallest absolute Gasteiger partial charge is 0.262 e. The number of halogens is 1. The van der Waals surface area contributed by atoms with Crippen molar-refractivity contribution < 1.29 is 4.74 Å². The maximum absolute atomic E-state index is 12.9. The van der Waals surface area contributed by atoms with Crippen molar-refractivity contribution in [1.29, 1.82) is 5.26 Å². The number of rotatable bonds is 6. The molecule has 3 rings (SSSR count). The van der Waals surface area contributed by atoms with E-state index in [1.807, 2.05) is 24.3 Å². The molecule has 5 nitrogen and oxygen atoms in total. The lowest BCUT2D eigenvalue weighted by Gasteiger charge is -2.13. The van der Waals surface area contributed by atoms with Gasteiger partial charge in [-0.15, -0.1) is 0 Å². The van der Waals surface area contributed by atoms with Gasteiger partial charge in [-0.05, 0) is 35.9 Å². The standard InChI is InChI=1S/C19H16BrN3O2S/c1-25-9-8-23-18(24)16-10-15(20)6-7-17(16)22-19(23)26-12-14-4-2-13(11-21)3-5-14/h2-7,10H,8-9,12H2,1H3. The van der Waals surface area contributed by atoms with Crippen molar-refractivity contribution in [1.82, 2.24) is 9.55 Å². The van der Waals surface area contributed by atoms with Gasteiger partial charge < -0.3 is 4.74 Å². The van der Waals surface area contributed by atoms with Crippen molar-refractivity contribution >= 4 is 38.6 Å². The molecule has 0 amide bonds. The van der Waals surface area contributed by atoms with Gasteiger partial charge in [0.2, 0.25) is 0 Å². The van der Waals surface area contributed by atoms with E-state index in [1.165, 1.54) is 11.8 Å². The van der Waals surface area contributed by atoms with Crippen LogP contribution in [0, 0.1) is 11.3 Å². The molecule has 0 saturated heterocycles. The monoisotopic (exact) mass is 429 g/mol. The molecule has 0 aliphatic carbocycles. The molecule has 0 saturated carbocycles. The largest absolute Gasteiger partial charge is 0.383 e. The van der Waals surface area contributed by atoms with E-state index < -0.39 is 0 Å². The number of benzene rings is 2. The number of fused-ring (bicyclic) bond motifs is 1. The van der Waals surface area contributed by atoms with Gasteiger partial charge in [0, 0.05) is 17.3 Å².